The van der Waals surface area contributed by atoms with Gasteiger partial charge in [-0.3, -0.25) is 14.5 Å². The minimum Gasteiger partial charge on any atom is -0.343 e. The Bertz CT molecular complexity index is 1590. The van der Waals surface area contributed by atoms with Crippen LogP contribution in [0.4, 0.5) is 23.2 Å². The van der Waals surface area contributed by atoms with Crippen LogP contribution in [0.2, 0.25) is 0 Å². The minimum atomic E-state index is -4.54. The minimum absolute atomic E-state index is 0.00689. The number of alkyl halides is 4. The highest BCUT2D eigenvalue weighted by Gasteiger charge is 2.31. The second-order valence-electron chi connectivity index (χ2n) is 11.1. The molecule has 0 spiro atoms. The molecule has 41 heavy (non-hydrogen) atoms. The van der Waals surface area contributed by atoms with E-state index in [1.807, 2.05) is 32.7 Å². The van der Waals surface area contributed by atoms with Gasteiger partial charge < -0.3 is 19.3 Å². The van der Waals surface area contributed by atoms with Crippen LogP contribution in [0.3, 0.4) is 0 Å². The SMILES string of the molecule is CN1CC/C(=N\c2cccc3c2cc(-c2noc(CNC(=O)c4cnn(C(C)(C)C)c4)n2)n3CC(F)(F)F)[C@@H](F)C1. The molecule has 1 N–H and O–H groups in total. The van der Waals surface area contributed by atoms with Gasteiger partial charge in [0.2, 0.25) is 11.7 Å². The highest BCUT2D eigenvalue weighted by atomic mass is 19.4. The van der Waals surface area contributed by atoms with E-state index in [4.69, 9.17) is 4.52 Å². The Morgan fingerprint density at radius 3 is 2.71 bits per heavy atom. The van der Waals surface area contributed by atoms with Crippen molar-refractivity contribution in [2.24, 2.45) is 4.99 Å². The maximum absolute atomic E-state index is 14.7. The Labute approximate surface area is 233 Å². The molecule has 1 aromatic carbocycles. The average Bonchev–Trinajstić information content (AvgIpc) is 3.63. The van der Waals surface area contributed by atoms with E-state index in [0.717, 1.165) is 4.57 Å². The van der Waals surface area contributed by atoms with E-state index in [1.165, 1.54) is 18.3 Å². The summed E-state index contributed by atoms with van der Waals surface area (Å²) in [7, 11) is 1.82. The first-order chi connectivity index (χ1) is 19.3. The summed E-state index contributed by atoms with van der Waals surface area (Å²) in [5, 5.41) is 11.1. The molecule has 0 bridgehead atoms. The zero-order valence-electron chi connectivity index (χ0n) is 23.0. The summed E-state index contributed by atoms with van der Waals surface area (Å²) >= 11 is 0. The van der Waals surface area contributed by atoms with Crippen molar-refractivity contribution in [3.63, 3.8) is 0 Å². The number of likely N-dealkylation sites (tertiary alicyclic amines) is 1. The van der Waals surface area contributed by atoms with Gasteiger partial charge in [-0.1, -0.05) is 11.2 Å². The van der Waals surface area contributed by atoms with Crippen LogP contribution in [0, 0.1) is 0 Å². The monoisotopic (exact) mass is 574 g/mol. The zero-order chi connectivity index (χ0) is 29.5. The van der Waals surface area contributed by atoms with Crippen molar-refractivity contribution in [2.75, 3.05) is 20.1 Å². The molecule has 14 heteroatoms. The molecule has 218 valence electrons. The Kier molecular flexibility index (Phi) is 7.45. The normalized spacial score (nSPS) is 18.0. The third-order valence-corrected chi connectivity index (χ3v) is 6.74. The Morgan fingerprint density at radius 1 is 1.24 bits per heavy atom. The summed E-state index contributed by atoms with van der Waals surface area (Å²) in [4.78, 5) is 23.2. The fourth-order valence-electron chi connectivity index (χ4n) is 4.61. The van der Waals surface area contributed by atoms with E-state index in [2.05, 4.69) is 25.5 Å². The van der Waals surface area contributed by atoms with Crippen molar-refractivity contribution in [3.05, 3.63) is 48.1 Å². The molecule has 1 fully saturated rings. The quantitative estimate of drug-likeness (QED) is 0.329. The lowest BCUT2D eigenvalue weighted by Gasteiger charge is -2.26. The second kappa shape index (κ2) is 10.7. The van der Waals surface area contributed by atoms with Crippen LogP contribution in [0.5, 0.6) is 0 Å². The predicted molar refractivity (Wildman–Crippen MR) is 144 cm³/mol. The number of aromatic nitrogens is 5. The smallest absolute Gasteiger partial charge is 0.343 e. The fraction of sp³-hybridized carbons (Fsp3) is 0.444. The molecule has 3 aromatic heterocycles. The number of amides is 1. The molecule has 0 radical (unpaired) electrons. The second-order valence-corrected chi connectivity index (χ2v) is 11.1. The van der Waals surface area contributed by atoms with Gasteiger partial charge in [-0.15, -0.1) is 0 Å². The highest BCUT2D eigenvalue weighted by Crippen LogP contribution is 2.35. The number of rotatable bonds is 6. The van der Waals surface area contributed by atoms with Crippen molar-refractivity contribution in [1.82, 2.24) is 34.7 Å². The van der Waals surface area contributed by atoms with Crippen LogP contribution in [0.25, 0.3) is 22.4 Å². The lowest BCUT2D eigenvalue weighted by molar-refractivity contribution is -0.139. The van der Waals surface area contributed by atoms with E-state index < -0.39 is 24.8 Å². The molecule has 1 aliphatic rings. The molecule has 4 heterocycles. The summed E-state index contributed by atoms with van der Waals surface area (Å²) in [6.45, 7) is 5.23. The number of benzene rings is 1. The lowest BCUT2D eigenvalue weighted by Crippen LogP contribution is -2.39. The van der Waals surface area contributed by atoms with E-state index >= 15 is 0 Å². The van der Waals surface area contributed by atoms with Gasteiger partial charge in [-0.25, -0.2) is 4.39 Å². The van der Waals surface area contributed by atoms with Crippen molar-refractivity contribution in [2.45, 2.75) is 58.2 Å². The van der Waals surface area contributed by atoms with Crippen molar-refractivity contribution >= 4 is 28.2 Å². The number of carbonyl (C=O) groups is 1. The summed E-state index contributed by atoms with van der Waals surface area (Å²) in [5.74, 6) is -0.501. The van der Waals surface area contributed by atoms with Crippen LogP contribution in [0.1, 0.15) is 43.4 Å². The highest BCUT2D eigenvalue weighted by molar-refractivity contribution is 5.99. The Hall–Kier alpha value is -4.07. The van der Waals surface area contributed by atoms with Gasteiger partial charge >= 0.3 is 6.18 Å². The van der Waals surface area contributed by atoms with Crippen LogP contribution in [0.15, 0.2) is 46.2 Å². The molecule has 5 rings (SSSR count). The van der Waals surface area contributed by atoms with Gasteiger partial charge in [0.1, 0.15) is 6.54 Å². The summed E-state index contributed by atoms with van der Waals surface area (Å²) < 4.78 is 63.5. The van der Waals surface area contributed by atoms with Gasteiger partial charge in [-0.2, -0.15) is 23.3 Å². The Balaban J connectivity index is 1.43. The number of fused-ring (bicyclic) bond motifs is 1. The number of aliphatic imine (C=N–C) groups is 1. The number of halogens is 4. The molecule has 0 aliphatic carbocycles. The molecule has 4 aromatic rings. The average molecular weight is 575 g/mol. The van der Waals surface area contributed by atoms with Gasteiger partial charge in [0.05, 0.1) is 46.5 Å². The molecule has 1 aliphatic heterocycles. The molecular weight excluding hydrogens is 544 g/mol. The number of carbonyl (C=O) groups excluding carboxylic acids is 1. The summed E-state index contributed by atoms with van der Waals surface area (Å²) in [6.07, 6.45) is -2.34. The van der Waals surface area contributed by atoms with Crippen LogP contribution < -0.4 is 5.32 Å². The van der Waals surface area contributed by atoms with Crippen LogP contribution >= 0.6 is 0 Å². The molecule has 0 unspecified atom stereocenters. The predicted octanol–water partition coefficient (Wildman–Crippen LogP) is 4.88. The molecular formula is C27H30F4N8O2. The van der Waals surface area contributed by atoms with Gasteiger partial charge in [-0.05, 0) is 46.0 Å². The van der Waals surface area contributed by atoms with E-state index in [1.54, 1.807) is 23.0 Å². The summed E-state index contributed by atoms with van der Waals surface area (Å²) in [5.41, 5.74) is 1.04. The first kappa shape index (κ1) is 28.5. The Morgan fingerprint density at radius 2 is 2.02 bits per heavy atom. The molecule has 1 saturated heterocycles. The largest absolute Gasteiger partial charge is 0.406 e. The van der Waals surface area contributed by atoms with Gasteiger partial charge in [0.15, 0.2) is 6.17 Å². The molecule has 0 saturated carbocycles. The van der Waals surface area contributed by atoms with Gasteiger partial charge in [0.25, 0.3) is 5.91 Å². The van der Waals surface area contributed by atoms with Crippen molar-refractivity contribution in [1.29, 1.82) is 0 Å². The van der Waals surface area contributed by atoms with E-state index in [-0.39, 0.29) is 41.6 Å². The number of nitrogens with one attached hydrogen (secondary N) is 1. The zero-order valence-corrected chi connectivity index (χ0v) is 23.0. The topological polar surface area (TPSA) is 106 Å². The molecule has 10 nitrogen and oxygen atoms in total. The summed E-state index contributed by atoms with van der Waals surface area (Å²) in [6, 6.07) is 6.26. The van der Waals surface area contributed by atoms with E-state index in [0.29, 0.717) is 35.3 Å². The van der Waals surface area contributed by atoms with Crippen molar-refractivity contribution in [3.8, 4) is 11.5 Å². The third kappa shape index (κ3) is 6.32. The standard InChI is InChI=1S/C27H30F4N8O2/c1-26(2,3)39-13-16(11-33-39)25(40)32-12-23-35-24(36-41-23)22-10-17-19(34-20-8-9-37(4)14-18(20)28)6-5-7-21(17)38(22)15-27(29,30)31/h5-7,10-11,13,18H,8-9,12,14-15H2,1-4H3,(H,32,40)/b34-20+/t18-/m0/s1. The van der Waals surface area contributed by atoms with Crippen molar-refractivity contribution < 1.29 is 26.9 Å². The first-order valence-electron chi connectivity index (χ1n) is 13.0. The third-order valence-electron chi connectivity index (χ3n) is 6.74. The first-order valence-corrected chi connectivity index (χ1v) is 13.0. The number of hydrogen-bond donors (Lipinski definition) is 1. The number of hydrogen-bond acceptors (Lipinski definition) is 7. The molecule has 1 amide bonds. The number of nitrogens with zero attached hydrogens (tertiary/aromatic N) is 7. The van der Waals surface area contributed by atoms with E-state index in [9.17, 15) is 22.4 Å². The molecule has 1 atom stereocenters. The van der Waals surface area contributed by atoms with Gasteiger partial charge in [0, 0.05) is 31.1 Å². The maximum atomic E-state index is 14.7. The van der Waals surface area contributed by atoms with Crippen LogP contribution in [-0.4, -0.2) is 73.5 Å². The maximum Gasteiger partial charge on any atom is 0.406 e. The number of piperidine rings is 1. The lowest BCUT2D eigenvalue weighted by atomic mass is 10.1. The fourth-order valence-corrected chi connectivity index (χ4v) is 4.61. The van der Waals surface area contributed by atoms with Crippen LogP contribution in [-0.2, 0) is 18.6 Å².